The second kappa shape index (κ2) is 10.4. The number of carbonyl (C=O) groups is 1. The molecule has 1 N–H and O–H groups in total. The van der Waals surface area contributed by atoms with Gasteiger partial charge < -0.3 is 19.5 Å². The van der Waals surface area contributed by atoms with Crippen LogP contribution in [-0.2, 0) is 9.47 Å². The van der Waals surface area contributed by atoms with Gasteiger partial charge in [0.05, 0.1) is 25.9 Å². The van der Waals surface area contributed by atoms with Gasteiger partial charge in [0.25, 0.3) is 0 Å². The quantitative estimate of drug-likeness (QED) is 0.776. The summed E-state index contributed by atoms with van der Waals surface area (Å²) in [6.45, 7) is 8.58. The van der Waals surface area contributed by atoms with Crippen LogP contribution in [0, 0.1) is 0 Å². The van der Waals surface area contributed by atoms with Crippen molar-refractivity contribution in [2.24, 2.45) is 0 Å². The zero-order chi connectivity index (χ0) is 18.1. The van der Waals surface area contributed by atoms with Crippen molar-refractivity contribution in [3.63, 3.8) is 0 Å². The Hall–Kier alpha value is -1.63. The van der Waals surface area contributed by atoms with Gasteiger partial charge in [0.15, 0.2) is 0 Å². The van der Waals surface area contributed by atoms with Gasteiger partial charge in [-0.15, -0.1) is 0 Å². The maximum Gasteiger partial charge on any atom is 0.409 e. The highest BCUT2D eigenvalue weighted by molar-refractivity contribution is 5.67. The summed E-state index contributed by atoms with van der Waals surface area (Å²) in [4.78, 5) is 15.5. The standard InChI is InChI=1S/C19H30N2O4/c1-3-25-19(23)21-11-9-20(10-12-21)13-18(22)15-24-14-16(2)17-7-5-4-6-8-17/h4-8,16,18,22H,3,9-15H2,1-2H3/t16-,18-/m1/s1. The molecule has 1 aromatic rings. The molecule has 0 aliphatic carbocycles. The van der Waals surface area contributed by atoms with Crippen molar-refractivity contribution in [3.05, 3.63) is 35.9 Å². The first-order valence-corrected chi connectivity index (χ1v) is 9.05. The molecule has 2 atom stereocenters. The van der Waals surface area contributed by atoms with Crippen LogP contribution in [0.3, 0.4) is 0 Å². The number of rotatable bonds is 8. The van der Waals surface area contributed by atoms with Crippen molar-refractivity contribution in [1.82, 2.24) is 9.80 Å². The summed E-state index contributed by atoms with van der Waals surface area (Å²) >= 11 is 0. The van der Waals surface area contributed by atoms with Gasteiger partial charge in [-0.2, -0.15) is 0 Å². The van der Waals surface area contributed by atoms with Crippen LogP contribution < -0.4 is 0 Å². The van der Waals surface area contributed by atoms with E-state index >= 15 is 0 Å². The van der Waals surface area contributed by atoms with Crippen LogP contribution in [0.4, 0.5) is 4.79 Å². The molecule has 1 saturated heterocycles. The lowest BCUT2D eigenvalue weighted by Gasteiger charge is -2.34. The average Bonchev–Trinajstić information content (AvgIpc) is 2.63. The van der Waals surface area contributed by atoms with Gasteiger partial charge in [-0.3, -0.25) is 4.90 Å². The zero-order valence-electron chi connectivity index (χ0n) is 15.3. The molecule has 1 aliphatic rings. The summed E-state index contributed by atoms with van der Waals surface area (Å²) < 4.78 is 10.7. The van der Waals surface area contributed by atoms with Crippen LogP contribution in [0.1, 0.15) is 25.3 Å². The predicted octanol–water partition coefficient (Wildman–Crippen LogP) is 1.94. The van der Waals surface area contributed by atoms with E-state index in [2.05, 4.69) is 24.0 Å². The molecule has 6 heteroatoms. The summed E-state index contributed by atoms with van der Waals surface area (Å²) in [5, 5.41) is 10.2. The van der Waals surface area contributed by atoms with Crippen LogP contribution in [0.25, 0.3) is 0 Å². The Labute approximate surface area is 150 Å². The molecular weight excluding hydrogens is 320 g/mol. The van der Waals surface area contributed by atoms with Crippen LogP contribution in [-0.4, -0.2) is 79.6 Å². The molecule has 1 aromatic carbocycles. The van der Waals surface area contributed by atoms with Gasteiger partial charge in [-0.25, -0.2) is 4.79 Å². The minimum absolute atomic E-state index is 0.249. The molecule has 0 bridgehead atoms. The number of β-amino-alcohol motifs (C(OH)–C–C–N with tert-alkyl or cyclic N) is 1. The van der Waals surface area contributed by atoms with Gasteiger partial charge >= 0.3 is 6.09 Å². The van der Waals surface area contributed by atoms with E-state index in [1.807, 2.05) is 25.1 Å². The van der Waals surface area contributed by atoms with Gasteiger partial charge in [0.2, 0.25) is 0 Å². The minimum Gasteiger partial charge on any atom is -0.450 e. The third-order valence-electron chi connectivity index (χ3n) is 4.41. The molecule has 2 rings (SSSR count). The Bertz CT molecular complexity index is 503. The number of carbonyl (C=O) groups excluding carboxylic acids is 1. The van der Waals surface area contributed by atoms with E-state index in [9.17, 15) is 9.90 Å². The molecule has 0 unspecified atom stereocenters. The topological polar surface area (TPSA) is 62.2 Å². The van der Waals surface area contributed by atoms with Gasteiger partial charge in [0.1, 0.15) is 0 Å². The lowest BCUT2D eigenvalue weighted by molar-refractivity contribution is 0.00388. The van der Waals surface area contributed by atoms with E-state index in [-0.39, 0.29) is 6.09 Å². The third-order valence-corrected chi connectivity index (χ3v) is 4.41. The molecule has 1 heterocycles. The number of ether oxygens (including phenoxy) is 2. The van der Waals surface area contributed by atoms with E-state index in [0.717, 1.165) is 13.1 Å². The molecular formula is C19H30N2O4. The van der Waals surface area contributed by atoms with E-state index in [1.165, 1.54) is 5.56 Å². The van der Waals surface area contributed by atoms with Gasteiger partial charge in [-0.1, -0.05) is 37.3 Å². The molecule has 0 spiro atoms. The lowest BCUT2D eigenvalue weighted by Crippen LogP contribution is -2.51. The Balaban J connectivity index is 1.61. The molecule has 0 radical (unpaired) electrons. The predicted molar refractivity (Wildman–Crippen MR) is 96.7 cm³/mol. The highest BCUT2D eigenvalue weighted by atomic mass is 16.6. The van der Waals surface area contributed by atoms with Crippen LogP contribution >= 0.6 is 0 Å². The molecule has 1 amide bonds. The van der Waals surface area contributed by atoms with E-state index < -0.39 is 6.10 Å². The molecule has 1 fully saturated rings. The molecule has 25 heavy (non-hydrogen) atoms. The van der Waals surface area contributed by atoms with Crippen molar-refractivity contribution in [3.8, 4) is 0 Å². The van der Waals surface area contributed by atoms with E-state index in [4.69, 9.17) is 9.47 Å². The smallest absolute Gasteiger partial charge is 0.409 e. The lowest BCUT2D eigenvalue weighted by atomic mass is 10.0. The summed E-state index contributed by atoms with van der Waals surface area (Å²) in [7, 11) is 0. The highest BCUT2D eigenvalue weighted by Crippen LogP contribution is 2.14. The largest absolute Gasteiger partial charge is 0.450 e. The van der Waals surface area contributed by atoms with E-state index in [1.54, 1.807) is 4.90 Å². The Morgan fingerprint density at radius 3 is 2.48 bits per heavy atom. The number of hydrogen-bond donors (Lipinski definition) is 1. The fourth-order valence-corrected chi connectivity index (χ4v) is 2.94. The van der Waals surface area contributed by atoms with E-state index in [0.29, 0.717) is 45.4 Å². The number of aliphatic hydroxyl groups is 1. The second-order valence-electron chi connectivity index (χ2n) is 6.49. The zero-order valence-corrected chi connectivity index (χ0v) is 15.3. The first-order chi connectivity index (χ1) is 12.1. The van der Waals surface area contributed by atoms with Crippen molar-refractivity contribution in [1.29, 1.82) is 0 Å². The van der Waals surface area contributed by atoms with Crippen LogP contribution in [0.15, 0.2) is 30.3 Å². The minimum atomic E-state index is -0.517. The van der Waals surface area contributed by atoms with Crippen molar-refractivity contribution in [2.75, 3.05) is 52.5 Å². The highest BCUT2D eigenvalue weighted by Gasteiger charge is 2.23. The first kappa shape index (κ1) is 19.7. The van der Waals surface area contributed by atoms with Gasteiger partial charge in [-0.05, 0) is 12.5 Å². The summed E-state index contributed by atoms with van der Waals surface area (Å²) in [5.41, 5.74) is 1.24. The van der Waals surface area contributed by atoms with Crippen molar-refractivity contribution in [2.45, 2.75) is 25.9 Å². The summed E-state index contributed by atoms with van der Waals surface area (Å²) in [6, 6.07) is 10.2. The normalized spacial score (nSPS) is 18.0. The van der Waals surface area contributed by atoms with Crippen molar-refractivity contribution < 1.29 is 19.4 Å². The SMILES string of the molecule is CCOC(=O)N1CCN(C[C@@H](O)COC[C@@H](C)c2ccccc2)CC1. The van der Waals surface area contributed by atoms with Crippen molar-refractivity contribution >= 4 is 6.09 Å². The number of piperazine rings is 1. The fraction of sp³-hybridized carbons (Fsp3) is 0.632. The van der Waals surface area contributed by atoms with Gasteiger partial charge in [0, 0.05) is 38.6 Å². The molecule has 140 valence electrons. The van der Waals surface area contributed by atoms with Crippen LogP contribution in [0.2, 0.25) is 0 Å². The Morgan fingerprint density at radius 1 is 1.16 bits per heavy atom. The number of aliphatic hydroxyl groups excluding tert-OH is 1. The Morgan fingerprint density at radius 2 is 1.84 bits per heavy atom. The average molecular weight is 350 g/mol. The monoisotopic (exact) mass is 350 g/mol. The second-order valence-corrected chi connectivity index (χ2v) is 6.49. The Kier molecular flexibility index (Phi) is 8.18. The maximum absolute atomic E-state index is 11.7. The van der Waals surface area contributed by atoms with Crippen LogP contribution in [0.5, 0.6) is 0 Å². The number of hydrogen-bond acceptors (Lipinski definition) is 5. The molecule has 6 nitrogen and oxygen atoms in total. The number of benzene rings is 1. The molecule has 0 saturated carbocycles. The summed E-state index contributed by atoms with van der Waals surface area (Å²) in [5.74, 6) is 0.307. The number of amides is 1. The molecule has 1 aliphatic heterocycles. The third kappa shape index (κ3) is 6.65. The molecule has 0 aromatic heterocycles. The number of nitrogens with zero attached hydrogens (tertiary/aromatic N) is 2. The maximum atomic E-state index is 11.7. The fourth-order valence-electron chi connectivity index (χ4n) is 2.94. The first-order valence-electron chi connectivity index (χ1n) is 9.05. The summed E-state index contributed by atoms with van der Waals surface area (Å²) in [6.07, 6.45) is -0.766.